The maximum Gasteiger partial charge on any atom is 0.522 e. The van der Waals surface area contributed by atoms with Crippen LogP contribution in [0.25, 0.3) is 0 Å². The van der Waals surface area contributed by atoms with Gasteiger partial charge in [0.05, 0.1) is 6.10 Å². The molecule has 0 bridgehead atoms. The van der Waals surface area contributed by atoms with Crippen molar-refractivity contribution in [3.8, 4) is 0 Å². The molecule has 82 valence electrons. The second-order valence-electron chi connectivity index (χ2n) is 3.54. The molecule has 0 saturated heterocycles. The van der Waals surface area contributed by atoms with E-state index in [1.54, 1.807) is 0 Å². The van der Waals surface area contributed by atoms with E-state index in [0.29, 0.717) is 12.8 Å². The molecule has 0 spiro atoms. The Bertz CT molecular complexity index is 213. The molecule has 1 N–H and O–H groups in total. The van der Waals surface area contributed by atoms with Gasteiger partial charge in [-0.3, -0.25) is 4.74 Å². The van der Waals surface area contributed by atoms with Crippen LogP contribution in [0, 0.1) is 5.92 Å². The quantitative estimate of drug-likeness (QED) is 0.708. The average Bonchev–Trinajstić information content (AvgIpc) is 2.06. The Labute approximate surface area is 80.4 Å². The summed E-state index contributed by atoms with van der Waals surface area (Å²) in [5, 5.41) is 8.89. The van der Waals surface area contributed by atoms with Gasteiger partial charge < -0.3 is 5.11 Å². The van der Waals surface area contributed by atoms with E-state index in [1.807, 2.05) is 0 Å². The summed E-state index contributed by atoms with van der Waals surface area (Å²) in [5.74, 6) is -0.474. The van der Waals surface area contributed by atoms with Gasteiger partial charge >= 0.3 is 6.36 Å². The standard InChI is InChI=1S/C9H13F3O2/c1-6-2-3-8(7(4-6)5-13)14-9(10,11)12/h7-8,13H,1-5H2. The van der Waals surface area contributed by atoms with Crippen LogP contribution in [-0.2, 0) is 4.74 Å². The van der Waals surface area contributed by atoms with Crippen LogP contribution >= 0.6 is 0 Å². The maximum atomic E-state index is 11.9. The third-order valence-electron chi connectivity index (χ3n) is 2.38. The van der Waals surface area contributed by atoms with Crippen molar-refractivity contribution in [2.45, 2.75) is 31.7 Å². The first kappa shape index (κ1) is 11.5. The minimum Gasteiger partial charge on any atom is -0.396 e. The van der Waals surface area contributed by atoms with Crippen molar-refractivity contribution in [3.63, 3.8) is 0 Å². The molecule has 1 rings (SSSR count). The van der Waals surface area contributed by atoms with Crippen LogP contribution in [0.3, 0.4) is 0 Å². The Balaban J connectivity index is 2.54. The van der Waals surface area contributed by atoms with Crippen molar-refractivity contribution in [2.75, 3.05) is 6.61 Å². The number of alkyl halides is 3. The van der Waals surface area contributed by atoms with Crippen molar-refractivity contribution in [1.29, 1.82) is 0 Å². The molecule has 0 aromatic rings. The smallest absolute Gasteiger partial charge is 0.396 e. The van der Waals surface area contributed by atoms with Crippen LogP contribution in [0.5, 0.6) is 0 Å². The maximum absolute atomic E-state index is 11.9. The second kappa shape index (κ2) is 4.31. The van der Waals surface area contributed by atoms with Gasteiger partial charge in [0.2, 0.25) is 0 Å². The summed E-state index contributed by atoms with van der Waals surface area (Å²) in [6, 6.07) is 0. The normalized spacial score (nSPS) is 29.3. The number of aliphatic hydroxyl groups excluding tert-OH is 1. The van der Waals surface area contributed by atoms with Crippen LogP contribution < -0.4 is 0 Å². The zero-order chi connectivity index (χ0) is 10.8. The topological polar surface area (TPSA) is 29.5 Å². The fourth-order valence-corrected chi connectivity index (χ4v) is 1.70. The zero-order valence-electron chi connectivity index (χ0n) is 7.68. The van der Waals surface area contributed by atoms with Crippen LogP contribution in [0.4, 0.5) is 13.2 Å². The summed E-state index contributed by atoms with van der Waals surface area (Å²) in [6.45, 7) is 3.40. The lowest BCUT2D eigenvalue weighted by molar-refractivity contribution is -0.350. The van der Waals surface area contributed by atoms with Crippen LogP contribution in [0.1, 0.15) is 19.3 Å². The minimum atomic E-state index is -4.61. The fraction of sp³-hybridized carbons (Fsp3) is 0.778. The number of allylic oxidation sites excluding steroid dienone is 1. The lowest BCUT2D eigenvalue weighted by atomic mass is 9.84. The number of hydrogen-bond acceptors (Lipinski definition) is 2. The van der Waals surface area contributed by atoms with Gasteiger partial charge in [-0.1, -0.05) is 12.2 Å². The highest BCUT2D eigenvalue weighted by Crippen LogP contribution is 2.33. The molecule has 2 unspecified atom stereocenters. The van der Waals surface area contributed by atoms with E-state index in [2.05, 4.69) is 11.3 Å². The van der Waals surface area contributed by atoms with Crippen molar-refractivity contribution < 1.29 is 23.0 Å². The van der Waals surface area contributed by atoms with E-state index in [-0.39, 0.29) is 13.0 Å². The molecule has 2 atom stereocenters. The van der Waals surface area contributed by atoms with Gasteiger partial charge in [0.25, 0.3) is 0 Å². The van der Waals surface area contributed by atoms with Crippen molar-refractivity contribution in [2.24, 2.45) is 5.92 Å². The Morgan fingerprint density at radius 3 is 2.64 bits per heavy atom. The first-order chi connectivity index (χ1) is 6.42. The second-order valence-corrected chi connectivity index (χ2v) is 3.54. The Morgan fingerprint density at radius 2 is 2.14 bits per heavy atom. The highest BCUT2D eigenvalue weighted by Gasteiger charge is 2.38. The monoisotopic (exact) mass is 210 g/mol. The third-order valence-corrected chi connectivity index (χ3v) is 2.38. The fourth-order valence-electron chi connectivity index (χ4n) is 1.70. The third kappa shape index (κ3) is 3.31. The SMILES string of the molecule is C=C1CCC(OC(F)(F)F)C(CO)C1. The lowest BCUT2D eigenvalue weighted by Crippen LogP contribution is -2.35. The highest BCUT2D eigenvalue weighted by atomic mass is 19.4. The van der Waals surface area contributed by atoms with Crippen molar-refractivity contribution >= 4 is 0 Å². The first-order valence-electron chi connectivity index (χ1n) is 4.44. The van der Waals surface area contributed by atoms with Gasteiger partial charge in [0, 0.05) is 12.5 Å². The van der Waals surface area contributed by atoms with Gasteiger partial charge in [-0.2, -0.15) is 0 Å². The van der Waals surface area contributed by atoms with E-state index < -0.39 is 18.4 Å². The predicted molar refractivity (Wildman–Crippen MR) is 44.5 cm³/mol. The molecule has 0 aromatic heterocycles. The summed E-state index contributed by atoms with van der Waals surface area (Å²) in [5.41, 5.74) is 0.881. The van der Waals surface area contributed by atoms with Gasteiger partial charge in [-0.05, 0) is 19.3 Å². The van der Waals surface area contributed by atoms with E-state index in [4.69, 9.17) is 5.11 Å². The van der Waals surface area contributed by atoms with E-state index in [1.165, 1.54) is 0 Å². The summed E-state index contributed by atoms with van der Waals surface area (Å²) >= 11 is 0. The van der Waals surface area contributed by atoms with E-state index in [9.17, 15) is 13.2 Å². The summed E-state index contributed by atoms with van der Waals surface area (Å²) in [7, 11) is 0. The predicted octanol–water partition coefficient (Wildman–Crippen LogP) is 2.24. The molecule has 0 aliphatic heterocycles. The average molecular weight is 210 g/mol. The minimum absolute atomic E-state index is 0.281. The summed E-state index contributed by atoms with van der Waals surface area (Å²) < 4.78 is 39.7. The molecule has 2 nitrogen and oxygen atoms in total. The molecule has 1 aliphatic rings. The Kier molecular flexibility index (Phi) is 3.55. The number of ether oxygens (including phenoxy) is 1. The summed E-state index contributed by atoms with van der Waals surface area (Å²) in [4.78, 5) is 0. The molecule has 1 fully saturated rings. The van der Waals surface area contributed by atoms with Gasteiger partial charge in [-0.15, -0.1) is 13.2 Å². The molecule has 1 saturated carbocycles. The number of aliphatic hydroxyl groups is 1. The number of rotatable bonds is 2. The molecule has 0 radical (unpaired) electrons. The Hall–Kier alpha value is -0.550. The molecule has 0 heterocycles. The Morgan fingerprint density at radius 1 is 1.50 bits per heavy atom. The molecular formula is C9H13F3O2. The van der Waals surface area contributed by atoms with E-state index >= 15 is 0 Å². The molecule has 1 aliphatic carbocycles. The van der Waals surface area contributed by atoms with Gasteiger partial charge in [0.15, 0.2) is 0 Å². The van der Waals surface area contributed by atoms with Crippen LogP contribution in [0.2, 0.25) is 0 Å². The lowest BCUT2D eigenvalue weighted by Gasteiger charge is -2.31. The van der Waals surface area contributed by atoms with Gasteiger partial charge in [-0.25, -0.2) is 0 Å². The summed E-state index contributed by atoms with van der Waals surface area (Å²) in [6.07, 6.45) is -4.31. The molecule has 0 aromatic carbocycles. The van der Waals surface area contributed by atoms with Crippen LogP contribution in [0.15, 0.2) is 12.2 Å². The highest BCUT2D eigenvalue weighted by molar-refractivity contribution is 5.02. The van der Waals surface area contributed by atoms with Crippen LogP contribution in [-0.4, -0.2) is 24.2 Å². The molecule has 0 amide bonds. The number of hydrogen-bond donors (Lipinski definition) is 1. The number of halogens is 3. The van der Waals surface area contributed by atoms with E-state index in [0.717, 1.165) is 5.57 Å². The van der Waals surface area contributed by atoms with Gasteiger partial charge in [0.1, 0.15) is 0 Å². The first-order valence-corrected chi connectivity index (χ1v) is 4.44. The van der Waals surface area contributed by atoms with Crippen molar-refractivity contribution in [1.82, 2.24) is 0 Å². The largest absolute Gasteiger partial charge is 0.522 e. The molecule has 5 heteroatoms. The molecular weight excluding hydrogens is 197 g/mol. The zero-order valence-corrected chi connectivity index (χ0v) is 7.68. The van der Waals surface area contributed by atoms with Crippen molar-refractivity contribution in [3.05, 3.63) is 12.2 Å². The molecule has 14 heavy (non-hydrogen) atoms.